The lowest BCUT2D eigenvalue weighted by atomic mass is 9.93. The van der Waals surface area contributed by atoms with Gasteiger partial charge in [0.15, 0.2) is 0 Å². The lowest BCUT2D eigenvalue weighted by molar-refractivity contribution is -0.131. The van der Waals surface area contributed by atoms with Gasteiger partial charge in [0, 0.05) is 31.4 Å². The van der Waals surface area contributed by atoms with Crippen molar-refractivity contribution in [2.45, 2.75) is 32.1 Å². The number of hydrogen-bond donors (Lipinski definition) is 1. The molecule has 0 unspecified atom stereocenters. The Morgan fingerprint density at radius 1 is 1.17 bits per heavy atom. The number of benzene rings is 1. The van der Waals surface area contributed by atoms with Crippen molar-refractivity contribution in [1.29, 1.82) is 0 Å². The van der Waals surface area contributed by atoms with Crippen molar-refractivity contribution in [2.24, 2.45) is 0 Å². The number of anilines is 2. The number of hydrogen-bond acceptors (Lipinski definition) is 5. The fourth-order valence-corrected chi connectivity index (χ4v) is 3.69. The molecular formula is C23H24FN5O. The lowest BCUT2D eigenvalue weighted by Gasteiger charge is -2.31. The van der Waals surface area contributed by atoms with Gasteiger partial charge in [-0.1, -0.05) is 18.2 Å². The minimum atomic E-state index is -0.289. The van der Waals surface area contributed by atoms with Crippen LogP contribution in [0.15, 0.2) is 55.0 Å². The largest absolute Gasteiger partial charge is 0.342 e. The highest BCUT2D eigenvalue weighted by Crippen LogP contribution is 2.28. The van der Waals surface area contributed by atoms with Crippen LogP contribution in [0.4, 0.5) is 16.0 Å². The number of carbonyl (C=O) groups excluding carboxylic acids is 1. The second-order valence-electron chi connectivity index (χ2n) is 7.58. The molecule has 30 heavy (non-hydrogen) atoms. The molecule has 1 amide bonds. The smallest absolute Gasteiger partial charge is 0.226 e. The highest BCUT2D eigenvalue weighted by Gasteiger charge is 2.25. The summed E-state index contributed by atoms with van der Waals surface area (Å²) in [6.45, 7) is 3.36. The summed E-state index contributed by atoms with van der Waals surface area (Å²) in [5.74, 6) is 1.49. The zero-order valence-electron chi connectivity index (χ0n) is 16.9. The van der Waals surface area contributed by atoms with Gasteiger partial charge in [-0.25, -0.2) is 14.4 Å². The maximum absolute atomic E-state index is 13.0. The molecule has 3 heterocycles. The first-order valence-electron chi connectivity index (χ1n) is 10.1. The first kappa shape index (κ1) is 19.9. The van der Waals surface area contributed by atoms with E-state index in [-0.39, 0.29) is 17.6 Å². The van der Waals surface area contributed by atoms with Crippen LogP contribution in [0.25, 0.3) is 0 Å². The Bertz CT molecular complexity index is 1020. The second kappa shape index (κ2) is 8.98. The molecule has 154 valence electrons. The van der Waals surface area contributed by atoms with Crippen molar-refractivity contribution in [3.05, 3.63) is 77.6 Å². The zero-order chi connectivity index (χ0) is 20.9. The summed E-state index contributed by atoms with van der Waals surface area (Å²) < 4.78 is 13.0. The van der Waals surface area contributed by atoms with Crippen LogP contribution in [0.2, 0.25) is 0 Å². The SMILES string of the molecule is Cc1cccnc1Nc1cncc(C2CCN(C(=O)Cc3ccc(F)cc3)CC2)n1. The average molecular weight is 405 g/mol. The van der Waals surface area contributed by atoms with Gasteiger partial charge in [0.2, 0.25) is 5.91 Å². The van der Waals surface area contributed by atoms with Crippen molar-refractivity contribution in [3.63, 3.8) is 0 Å². The normalized spacial score (nSPS) is 14.5. The van der Waals surface area contributed by atoms with Crippen molar-refractivity contribution in [1.82, 2.24) is 19.9 Å². The number of halogens is 1. The zero-order valence-corrected chi connectivity index (χ0v) is 16.9. The summed E-state index contributed by atoms with van der Waals surface area (Å²) in [6, 6.07) is 10.00. The second-order valence-corrected chi connectivity index (χ2v) is 7.58. The molecule has 1 aliphatic heterocycles. The third kappa shape index (κ3) is 4.79. The highest BCUT2D eigenvalue weighted by atomic mass is 19.1. The fraction of sp³-hybridized carbons (Fsp3) is 0.304. The Hall–Kier alpha value is -3.35. The Balaban J connectivity index is 1.35. The van der Waals surface area contributed by atoms with Gasteiger partial charge in [-0.3, -0.25) is 9.78 Å². The predicted octanol–water partition coefficient (Wildman–Crippen LogP) is 4.01. The molecule has 0 spiro atoms. The number of nitrogens with one attached hydrogen (secondary N) is 1. The number of carbonyl (C=O) groups is 1. The number of aryl methyl sites for hydroxylation is 1. The van der Waals surface area contributed by atoms with Gasteiger partial charge in [-0.2, -0.15) is 0 Å². The van der Waals surface area contributed by atoms with Gasteiger partial charge in [-0.05, 0) is 49.1 Å². The number of amides is 1. The van der Waals surface area contributed by atoms with Crippen LogP contribution < -0.4 is 5.32 Å². The van der Waals surface area contributed by atoms with Crippen molar-refractivity contribution >= 4 is 17.5 Å². The molecule has 1 aromatic carbocycles. The van der Waals surface area contributed by atoms with Crippen LogP contribution in [0.1, 0.15) is 35.6 Å². The van der Waals surface area contributed by atoms with E-state index in [2.05, 4.69) is 15.3 Å². The Labute approximate surface area is 175 Å². The maximum Gasteiger partial charge on any atom is 0.226 e. The van der Waals surface area contributed by atoms with Gasteiger partial charge >= 0.3 is 0 Å². The molecule has 1 saturated heterocycles. The van der Waals surface area contributed by atoms with Crippen LogP contribution >= 0.6 is 0 Å². The third-order valence-corrected chi connectivity index (χ3v) is 5.44. The van der Waals surface area contributed by atoms with Crippen molar-refractivity contribution in [2.75, 3.05) is 18.4 Å². The summed E-state index contributed by atoms with van der Waals surface area (Å²) in [6.07, 6.45) is 7.22. The first-order chi connectivity index (χ1) is 14.6. The molecule has 3 aromatic rings. The van der Waals surface area contributed by atoms with Crippen LogP contribution in [0, 0.1) is 12.7 Å². The summed E-state index contributed by atoms with van der Waals surface area (Å²) in [4.78, 5) is 27.9. The molecule has 4 rings (SSSR count). The fourth-order valence-electron chi connectivity index (χ4n) is 3.69. The molecular weight excluding hydrogens is 381 g/mol. The van der Waals surface area contributed by atoms with Gasteiger partial charge in [-0.15, -0.1) is 0 Å². The van der Waals surface area contributed by atoms with E-state index in [0.717, 1.165) is 35.5 Å². The number of aromatic nitrogens is 3. The average Bonchev–Trinajstić information content (AvgIpc) is 2.77. The van der Waals surface area contributed by atoms with E-state index in [1.165, 1.54) is 12.1 Å². The molecule has 1 N–H and O–H groups in total. The molecule has 6 nitrogen and oxygen atoms in total. The van der Waals surface area contributed by atoms with E-state index in [4.69, 9.17) is 4.98 Å². The minimum Gasteiger partial charge on any atom is -0.342 e. The molecule has 0 atom stereocenters. The molecule has 7 heteroatoms. The number of rotatable bonds is 5. The molecule has 0 bridgehead atoms. The highest BCUT2D eigenvalue weighted by molar-refractivity contribution is 5.78. The number of likely N-dealkylation sites (tertiary alicyclic amines) is 1. The van der Waals surface area contributed by atoms with Crippen LogP contribution in [-0.4, -0.2) is 38.8 Å². The molecule has 0 saturated carbocycles. The summed E-state index contributed by atoms with van der Waals surface area (Å²) in [5, 5.41) is 3.23. The Morgan fingerprint density at radius 3 is 2.67 bits per heavy atom. The number of nitrogens with zero attached hydrogens (tertiary/aromatic N) is 4. The predicted molar refractivity (Wildman–Crippen MR) is 113 cm³/mol. The van der Waals surface area contributed by atoms with Crippen molar-refractivity contribution < 1.29 is 9.18 Å². The number of piperidine rings is 1. The summed E-state index contributed by atoms with van der Waals surface area (Å²) in [7, 11) is 0. The summed E-state index contributed by atoms with van der Waals surface area (Å²) in [5.41, 5.74) is 2.80. The third-order valence-electron chi connectivity index (χ3n) is 5.44. The van der Waals surface area contributed by atoms with E-state index in [1.807, 2.05) is 24.0 Å². The minimum absolute atomic E-state index is 0.0761. The molecule has 0 radical (unpaired) electrons. The molecule has 0 aliphatic carbocycles. The first-order valence-corrected chi connectivity index (χ1v) is 10.1. The van der Waals surface area contributed by atoms with Gasteiger partial charge < -0.3 is 10.2 Å². The van der Waals surface area contributed by atoms with E-state index >= 15 is 0 Å². The van der Waals surface area contributed by atoms with Gasteiger partial charge in [0.05, 0.1) is 18.3 Å². The quantitative estimate of drug-likeness (QED) is 0.694. The van der Waals surface area contributed by atoms with E-state index in [0.29, 0.717) is 25.3 Å². The topological polar surface area (TPSA) is 71.0 Å². The molecule has 1 aliphatic rings. The van der Waals surface area contributed by atoms with E-state index in [9.17, 15) is 9.18 Å². The lowest BCUT2D eigenvalue weighted by Crippen LogP contribution is -2.39. The monoisotopic (exact) mass is 405 g/mol. The molecule has 1 fully saturated rings. The summed E-state index contributed by atoms with van der Waals surface area (Å²) >= 11 is 0. The standard InChI is InChI=1S/C23H24FN5O/c1-16-3-2-10-26-23(16)28-21-15-25-14-20(27-21)18-8-11-29(12-9-18)22(30)13-17-4-6-19(24)7-5-17/h2-7,10,14-15,18H,8-9,11-13H2,1H3,(H,26,27,28). The Morgan fingerprint density at radius 2 is 1.93 bits per heavy atom. The number of pyridine rings is 1. The van der Waals surface area contributed by atoms with Crippen LogP contribution in [0.5, 0.6) is 0 Å². The van der Waals surface area contributed by atoms with E-state index in [1.54, 1.807) is 30.7 Å². The maximum atomic E-state index is 13.0. The molecule has 2 aromatic heterocycles. The van der Waals surface area contributed by atoms with Crippen LogP contribution in [-0.2, 0) is 11.2 Å². The van der Waals surface area contributed by atoms with Crippen LogP contribution in [0.3, 0.4) is 0 Å². The van der Waals surface area contributed by atoms with Crippen molar-refractivity contribution in [3.8, 4) is 0 Å². The van der Waals surface area contributed by atoms with Gasteiger partial charge in [0.25, 0.3) is 0 Å². The van der Waals surface area contributed by atoms with E-state index < -0.39 is 0 Å². The van der Waals surface area contributed by atoms with Gasteiger partial charge in [0.1, 0.15) is 17.5 Å². The Kier molecular flexibility index (Phi) is 5.97.